The number of aliphatic hydroxyl groups excluding tert-OH is 20. The molecule has 0 aromatic heterocycles. The van der Waals surface area contributed by atoms with Crippen LogP contribution < -0.4 is 21.3 Å². The second-order valence-electron chi connectivity index (χ2n) is 25.4. The Morgan fingerprint density at radius 1 is 0.426 bits per heavy atom. The van der Waals surface area contributed by atoms with Crippen molar-refractivity contribution in [1.29, 1.82) is 0 Å². The van der Waals surface area contributed by atoms with Crippen LogP contribution in [0, 0.1) is 0 Å². The summed E-state index contributed by atoms with van der Waals surface area (Å²) in [6.07, 6.45) is -69.4. The molecule has 7 fully saturated rings. The van der Waals surface area contributed by atoms with Crippen LogP contribution in [0.25, 0.3) is 0 Å². The number of carbonyl (C=O) groups excluding carboxylic acids is 4. The quantitative estimate of drug-likeness (QED) is 0.0346. The summed E-state index contributed by atoms with van der Waals surface area (Å²) in [7, 11) is 0. The van der Waals surface area contributed by atoms with Crippen molar-refractivity contribution < 1.29 is 203 Å². The Morgan fingerprint density at radius 3 is 1.21 bits per heavy atom. The summed E-state index contributed by atoms with van der Waals surface area (Å²) in [6.45, 7) is -2.13. The van der Waals surface area contributed by atoms with E-state index in [4.69, 9.17) is 61.6 Å². The van der Waals surface area contributed by atoms with Gasteiger partial charge in [0.25, 0.3) is 11.6 Å². The van der Waals surface area contributed by atoms with Crippen molar-refractivity contribution in [2.75, 3.05) is 39.6 Å². The van der Waals surface area contributed by atoms with Gasteiger partial charge in [0.05, 0.1) is 70.0 Å². The summed E-state index contributed by atoms with van der Waals surface area (Å²) in [6, 6.07) is -7.34. The fourth-order valence-corrected chi connectivity index (χ4v) is 12.9. The highest BCUT2D eigenvalue weighted by atomic mass is 16.8. The van der Waals surface area contributed by atoms with E-state index in [1.807, 2.05) is 0 Å². The maximum absolute atomic E-state index is 13.3. The van der Waals surface area contributed by atoms with E-state index in [-0.39, 0.29) is 0 Å². The van der Waals surface area contributed by atoms with Crippen molar-refractivity contribution >= 4 is 35.6 Å². The predicted octanol–water partition coefficient (Wildman–Crippen LogP) is -16.3. The third-order valence-electron chi connectivity index (χ3n) is 18.0. The lowest BCUT2D eigenvalue weighted by molar-refractivity contribution is -0.392. The van der Waals surface area contributed by atoms with Gasteiger partial charge in [0, 0.05) is 40.5 Å². The Balaban J connectivity index is 1.20. The molecular weight excluding hydrogens is 1380 g/mol. The molecule has 7 heterocycles. The maximum atomic E-state index is 13.3. The average molecular weight is 1480 g/mol. The third kappa shape index (κ3) is 18.5. The zero-order chi connectivity index (χ0) is 75.3. The molecule has 582 valence electrons. The van der Waals surface area contributed by atoms with Crippen LogP contribution in [0.5, 0.6) is 0 Å². The van der Waals surface area contributed by atoms with E-state index in [0.717, 1.165) is 27.7 Å². The average Bonchev–Trinajstić information content (AvgIpc) is 0.759. The number of carboxylic acid groups (broad SMARTS) is 2. The molecule has 0 bridgehead atoms. The first-order valence-electron chi connectivity index (χ1n) is 31.7. The molecule has 101 heavy (non-hydrogen) atoms. The number of hydrogen-bond donors (Lipinski definition) is 26. The van der Waals surface area contributed by atoms with Gasteiger partial charge in [-0.15, -0.1) is 0 Å². The minimum absolute atomic E-state index is 0.864. The highest BCUT2D eigenvalue weighted by Gasteiger charge is 2.64. The lowest BCUT2D eigenvalue weighted by Crippen LogP contribution is -2.72. The Kier molecular flexibility index (Phi) is 29.3. The van der Waals surface area contributed by atoms with Gasteiger partial charge in [-0.3, -0.25) is 19.2 Å². The normalized spacial score (nSPS) is 44.9. The van der Waals surface area contributed by atoms with Gasteiger partial charge < -0.3 is 195 Å². The fourth-order valence-electron chi connectivity index (χ4n) is 12.9. The summed E-state index contributed by atoms with van der Waals surface area (Å²) in [4.78, 5) is 76.9. The Bertz CT molecular complexity index is 2760. The van der Waals surface area contributed by atoms with Crippen LogP contribution in [0.3, 0.4) is 0 Å². The summed E-state index contributed by atoms with van der Waals surface area (Å²) in [5.74, 6) is -14.5. The molecule has 0 spiro atoms. The van der Waals surface area contributed by atoms with Crippen LogP contribution in [-0.4, -0.2) is 413 Å². The van der Waals surface area contributed by atoms with Gasteiger partial charge in [0.2, 0.25) is 23.6 Å². The number of carboxylic acids is 2. The van der Waals surface area contributed by atoms with Crippen LogP contribution in [0.1, 0.15) is 47.5 Å². The largest absolute Gasteiger partial charge is 0.477 e. The summed E-state index contributed by atoms with van der Waals surface area (Å²) in [5, 5.41) is 251. The highest BCUT2D eigenvalue weighted by molar-refractivity contribution is 5.78. The second-order valence-corrected chi connectivity index (χ2v) is 25.4. The lowest BCUT2D eigenvalue weighted by atomic mass is 9.88. The minimum Gasteiger partial charge on any atom is -0.477 e. The molecule has 7 aliphatic heterocycles. The molecule has 0 aromatic carbocycles. The van der Waals surface area contributed by atoms with Crippen LogP contribution in [0.2, 0.25) is 0 Å². The van der Waals surface area contributed by atoms with Gasteiger partial charge in [-0.05, 0) is 6.92 Å². The molecule has 0 aliphatic carbocycles. The Hall–Kier alpha value is -4.50. The van der Waals surface area contributed by atoms with Gasteiger partial charge in [-0.2, -0.15) is 0 Å². The van der Waals surface area contributed by atoms with Crippen molar-refractivity contribution in [3.63, 3.8) is 0 Å². The van der Waals surface area contributed by atoms with E-state index >= 15 is 0 Å². The second kappa shape index (κ2) is 35.3. The third-order valence-corrected chi connectivity index (χ3v) is 18.0. The molecule has 1 unspecified atom stereocenters. The fraction of sp³-hybridized carbons (Fsp3) is 0.893. The van der Waals surface area contributed by atoms with Crippen molar-refractivity contribution in [2.45, 2.75) is 273 Å². The molecular formula is C56H92N4O41. The SMILES string of the molecule is CC(=O)N[C@H]1[C@H](OC[C@H]2OC(O)[C@H](NC(C)=O)[C@@H](O[C@@H]3O[C@H](CO)[C@H](O)[C@H](O[C@]4(C(=O)O)C[C@H](O)[C@@H](NC(C)=O)[C@H]([C@H](O)[C@H](O)CO)O4)[C@H]3O)[C@H]2O)O[C@H](CO)[C@@H](O[C@@H]2O[C@H](CO)[C@H](O)[C@H](O[C@]3(C(=O)O)C[C@H](O)[C@@H](NC(C)=O)[C@H]([C@H](O)[C@H](O)CO)O3)[C@H]2O)[C@@H]1O[C@@H]1O[C@@H](C)[C@@H](O)[C@@H](O)[C@@H]1O. The van der Waals surface area contributed by atoms with Crippen LogP contribution in [-0.2, 0) is 90.3 Å². The monoisotopic (exact) mass is 1480 g/mol. The minimum atomic E-state index is -3.30. The Morgan fingerprint density at radius 2 is 0.802 bits per heavy atom. The first-order valence-corrected chi connectivity index (χ1v) is 31.7. The van der Waals surface area contributed by atoms with E-state index < -0.39 is 314 Å². The van der Waals surface area contributed by atoms with E-state index in [2.05, 4.69) is 21.3 Å². The number of nitrogens with one attached hydrogen (secondary N) is 4. The first-order chi connectivity index (χ1) is 47.3. The van der Waals surface area contributed by atoms with Crippen molar-refractivity contribution in [3.8, 4) is 0 Å². The number of hydrogen-bond acceptors (Lipinski definition) is 39. The van der Waals surface area contributed by atoms with Gasteiger partial charge in [-0.25, -0.2) is 9.59 Å². The molecule has 45 heteroatoms. The first kappa shape index (κ1) is 83.8. The number of carbonyl (C=O) groups is 6. The maximum Gasteiger partial charge on any atom is 0.364 e. The van der Waals surface area contributed by atoms with Crippen LogP contribution in [0.15, 0.2) is 0 Å². The van der Waals surface area contributed by atoms with Crippen LogP contribution in [0.4, 0.5) is 0 Å². The summed E-state index contributed by atoms with van der Waals surface area (Å²) >= 11 is 0. The van der Waals surface area contributed by atoms with Gasteiger partial charge in [-0.1, -0.05) is 0 Å². The zero-order valence-corrected chi connectivity index (χ0v) is 54.5. The van der Waals surface area contributed by atoms with E-state index in [1.54, 1.807) is 0 Å². The van der Waals surface area contributed by atoms with E-state index in [1.165, 1.54) is 6.92 Å². The summed E-state index contributed by atoms with van der Waals surface area (Å²) < 4.78 is 76.3. The number of ether oxygens (including phenoxy) is 13. The van der Waals surface area contributed by atoms with E-state index in [9.17, 15) is 141 Å². The molecule has 37 atom stereocenters. The molecule has 0 radical (unpaired) electrons. The smallest absolute Gasteiger partial charge is 0.364 e. The lowest BCUT2D eigenvalue weighted by Gasteiger charge is -2.52. The number of amides is 4. The number of aliphatic carboxylic acids is 2. The Labute approximate surface area is 571 Å². The van der Waals surface area contributed by atoms with Crippen molar-refractivity contribution in [1.82, 2.24) is 21.3 Å². The topological polar surface area (TPSA) is 716 Å². The number of rotatable bonds is 28. The van der Waals surface area contributed by atoms with Crippen molar-refractivity contribution in [3.05, 3.63) is 0 Å². The standard InChI is InChI=1S/C56H92N4O41/c1-14-31(74)37(80)38(81)50(90-14)97-45-30(60-18(5)69)49(94-25(12-65)41(45)95-51-39(82)46(34(77)23(10-63)92-51)100-55(53(85)86)6-19(70)27(57-15(2)66)43(98-55)32(75)21(72)8-61)89-13-26-36(79)42(29(48(84)91-26)59-17(4)68)96-52-40(83)47(35(78)24(11-64)93-52)101-56(54(87)88)7-20(71)28(58-16(3)67)44(99-56)33(76)22(73)9-62/h14,19-52,61-65,70-84H,6-13H2,1-5H3,(H,57,66)(H,58,67)(H,59,68)(H,60,69)(H,85,86)(H,87,88)/t14-,19-,20-,21+,22+,23+,24+,25+,26+,27+,28+,29+,30+,31+,32+,33+,34-,35-,36-,37+,38-,39+,40+,41+,42+,43+,44+,45+,46-,47-,48?,49+,50-,51-,52-,55-,56-/m0/s1. The van der Waals surface area contributed by atoms with Gasteiger partial charge in [0.15, 0.2) is 31.5 Å². The van der Waals surface area contributed by atoms with Gasteiger partial charge in [0.1, 0.15) is 152 Å². The molecule has 45 nitrogen and oxygen atoms in total. The molecule has 7 saturated heterocycles. The van der Waals surface area contributed by atoms with Crippen LogP contribution >= 0.6 is 0 Å². The molecule has 7 aliphatic rings. The number of aliphatic hydroxyl groups is 20. The van der Waals surface area contributed by atoms with Gasteiger partial charge >= 0.3 is 11.9 Å². The molecule has 26 N–H and O–H groups in total. The predicted molar refractivity (Wildman–Crippen MR) is 311 cm³/mol. The molecule has 0 aromatic rings. The highest BCUT2D eigenvalue weighted by Crippen LogP contribution is 2.42. The van der Waals surface area contributed by atoms with E-state index in [0.29, 0.717) is 0 Å². The van der Waals surface area contributed by atoms with Crippen molar-refractivity contribution in [2.24, 2.45) is 0 Å². The summed E-state index contributed by atoms with van der Waals surface area (Å²) in [5.41, 5.74) is 0. The molecule has 4 amide bonds. The zero-order valence-electron chi connectivity index (χ0n) is 54.5. The molecule has 0 saturated carbocycles. The molecule has 7 rings (SSSR count).